The van der Waals surface area contributed by atoms with Crippen molar-refractivity contribution < 1.29 is 27.5 Å². The van der Waals surface area contributed by atoms with Crippen LogP contribution in [0.15, 0.2) is 58.7 Å². The van der Waals surface area contributed by atoms with Crippen LogP contribution in [-0.2, 0) is 37.9 Å². The van der Waals surface area contributed by atoms with Gasteiger partial charge in [-0.3, -0.25) is 14.8 Å². The lowest BCUT2D eigenvalue weighted by Crippen LogP contribution is -2.25. The highest BCUT2D eigenvalue weighted by Gasteiger charge is 2.31. The third kappa shape index (κ3) is 7.10. The molecule has 1 aromatic carbocycles. The molecule has 0 radical (unpaired) electrons. The molecular formula is C27H31N7O6S2. The van der Waals surface area contributed by atoms with Crippen molar-refractivity contribution in [2.24, 2.45) is 12.2 Å². The van der Waals surface area contributed by atoms with E-state index in [1.807, 2.05) is 19.0 Å². The summed E-state index contributed by atoms with van der Waals surface area (Å²) in [6, 6.07) is 11.3. The number of fused-ring (bicyclic) bond motifs is 1. The number of hydrogen-bond donors (Lipinski definition) is 1. The second-order valence-electron chi connectivity index (χ2n) is 9.85. The maximum atomic E-state index is 13.4. The number of ether oxygens (including phenoxy) is 2. The lowest BCUT2D eigenvalue weighted by molar-refractivity contribution is -0.110. The fourth-order valence-electron chi connectivity index (χ4n) is 4.10. The van der Waals surface area contributed by atoms with E-state index in [9.17, 15) is 13.2 Å². The van der Waals surface area contributed by atoms with Gasteiger partial charge in [-0.2, -0.15) is 5.10 Å². The Bertz CT molecular complexity index is 1680. The molecule has 0 spiro atoms. The number of rotatable bonds is 12. The Hall–Kier alpha value is -3.92. The van der Waals surface area contributed by atoms with Crippen LogP contribution >= 0.6 is 11.3 Å². The van der Waals surface area contributed by atoms with Crippen molar-refractivity contribution in [3.05, 3.63) is 59.9 Å². The maximum Gasteiger partial charge on any atom is 0.280 e. The van der Waals surface area contributed by atoms with E-state index in [1.165, 1.54) is 35.6 Å². The normalized spacial score (nSPS) is 15.8. The zero-order valence-electron chi connectivity index (χ0n) is 23.4. The fourth-order valence-corrected chi connectivity index (χ4v) is 6.51. The summed E-state index contributed by atoms with van der Waals surface area (Å²) in [7, 11) is 2.14. The number of aryl methyl sites for hydroxylation is 1. The lowest BCUT2D eigenvalue weighted by atomic mass is 10.1. The topological polar surface area (TPSA) is 150 Å². The Labute approximate surface area is 247 Å². The molecule has 1 saturated heterocycles. The molecule has 15 heteroatoms. The van der Waals surface area contributed by atoms with E-state index < -0.39 is 21.0 Å². The quantitative estimate of drug-likeness (QED) is 0.186. The SMILES string of the molecule is CN(C)CCOc1ccc2nc(NC(=O)C(=NOCc3ccn(C)n3)c3ccc(S(=O)(=O)[C@H]4CCOC4)cc3)sc2n1. The molecule has 1 amide bonds. The molecule has 1 fully saturated rings. The number of thiazole rings is 1. The summed E-state index contributed by atoms with van der Waals surface area (Å²) in [5, 5.41) is 10.8. The fraction of sp³-hybridized carbons (Fsp3) is 0.370. The number of likely N-dealkylation sites (N-methyl/N-ethyl adjacent to an activating group) is 1. The monoisotopic (exact) mass is 613 g/mol. The molecule has 222 valence electrons. The van der Waals surface area contributed by atoms with Gasteiger partial charge < -0.3 is 19.2 Å². The van der Waals surface area contributed by atoms with Gasteiger partial charge in [0.2, 0.25) is 5.88 Å². The number of carbonyl (C=O) groups is 1. The molecule has 0 saturated carbocycles. The molecule has 5 rings (SSSR count). The highest BCUT2D eigenvalue weighted by molar-refractivity contribution is 7.92. The van der Waals surface area contributed by atoms with Crippen molar-refractivity contribution in [2.45, 2.75) is 23.2 Å². The number of pyridine rings is 1. The highest BCUT2D eigenvalue weighted by Crippen LogP contribution is 2.27. The molecule has 4 heterocycles. The summed E-state index contributed by atoms with van der Waals surface area (Å²) in [5.41, 5.74) is 1.54. The molecule has 0 aliphatic carbocycles. The average Bonchev–Trinajstić information content (AvgIpc) is 3.72. The van der Waals surface area contributed by atoms with Gasteiger partial charge in [0, 0.05) is 38.0 Å². The lowest BCUT2D eigenvalue weighted by Gasteiger charge is -2.11. The van der Waals surface area contributed by atoms with Crippen LogP contribution in [-0.4, -0.2) is 90.4 Å². The van der Waals surface area contributed by atoms with Crippen molar-refractivity contribution in [1.29, 1.82) is 0 Å². The van der Waals surface area contributed by atoms with E-state index in [2.05, 4.69) is 25.5 Å². The van der Waals surface area contributed by atoms with Gasteiger partial charge in [0.1, 0.15) is 22.6 Å². The van der Waals surface area contributed by atoms with Crippen molar-refractivity contribution in [1.82, 2.24) is 24.6 Å². The first-order chi connectivity index (χ1) is 20.2. The minimum absolute atomic E-state index is 0.0351. The number of hydrogen-bond acceptors (Lipinski definition) is 12. The summed E-state index contributed by atoms with van der Waals surface area (Å²) >= 11 is 1.19. The van der Waals surface area contributed by atoms with Crippen LogP contribution in [0, 0.1) is 0 Å². The molecule has 1 aliphatic heterocycles. The molecule has 4 aromatic rings. The Morgan fingerprint density at radius 1 is 1.19 bits per heavy atom. The van der Waals surface area contributed by atoms with Crippen LogP contribution in [0.3, 0.4) is 0 Å². The van der Waals surface area contributed by atoms with Crippen LogP contribution < -0.4 is 10.1 Å². The van der Waals surface area contributed by atoms with Gasteiger partial charge in [-0.25, -0.2) is 18.4 Å². The van der Waals surface area contributed by atoms with Crippen LogP contribution in [0.2, 0.25) is 0 Å². The first-order valence-corrected chi connectivity index (χ1v) is 15.5. The van der Waals surface area contributed by atoms with E-state index in [-0.39, 0.29) is 23.8 Å². The summed E-state index contributed by atoms with van der Waals surface area (Å²) in [4.78, 5) is 30.6. The highest BCUT2D eigenvalue weighted by atomic mass is 32.2. The second kappa shape index (κ2) is 12.9. The number of benzene rings is 1. The van der Waals surface area contributed by atoms with E-state index in [0.717, 1.165) is 6.54 Å². The molecule has 1 N–H and O–H groups in total. The minimum Gasteiger partial charge on any atom is -0.476 e. The largest absolute Gasteiger partial charge is 0.476 e. The second-order valence-corrected chi connectivity index (χ2v) is 13.1. The first kappa shape index (κ1) is 29.6. The maximum absolute atomic E-state index is 13.4. The number of amides is 1. The third-order valence-electron chi connectivity index (χ3n) is 6.37. The van der Waals surface area contributed by atoms with E-state index >= 15 is 0 Å². The number of nitrogens with one attached hydrogen (secondary N) is 1. The van der Waals surface area contributed by atoms with E-state index in [0.29, 0.717) is 52.3 Å². The number of anilines is 1. The summed E-state index contributed by atoms with van der Waals surface area (Å²) < 4.78 is 38.5. The third-order valence-corrected chi connectivity index (χ3v) is 9.43. The number of aromatic nitrogens is 4. The van der Waals surface area contributed by atoms with Crippen LogP contribution in [0.1, 0.15) is 17.7 Å². The molecule has 1 aliphatic rings. The Morgan fingerprint density at radius 3 is 2.69 bits per heavy atom. The van der Waals surface area contributed by atoms with Crippen LogP contribution in [0.4, 0.5) is 5.13 Å². The predicted molar refractivity (Wildman–Crippen MR) is 157 cm³/mol. The number of oxime groups is 1. The number of carbonyl (C=O) groups excluding carboxylic acids is 1. The Kier molecular flexibility index (Phi) is 9.11. The van der Waals surface area contributed by atoms with Gasteiger partial charge in [0.15, 0.2) is 27.3 Å². The zero-order chi connectivity index (χ0) is 29.7. The summed E-state index contributed by atoms with van der Waals surface area (Å²) in [5.74, 6) is -0.118. The Morgan fingerprint density at radius 2 is 2.00 bits per heavy atom. The standard InChI is InChI=1S/C27H31N7O6S2/c1-33(2)13-15-39-23-9-8-22-26(29-23)41-27(28-22)30-25(35)24(32-40-16-19-10-12-34(3)31-19)18-4-6-20(7-5-18)42(36,37)21-11-14-38-17-21/h4-10,12,21H,11,13-17H2,1-3H3,(H,28,30,35)/t21-/m0/s1. The summed E-state index contributed by atoms with van der Waals surface area (Å²) in [6.45, 7) is 1.85. The Balaban J connectivity index is 1.35. The number of sulfone groups is 1. The number of nitrogens with zero attached hydrogens (tertiary/aromatic N) is 6. The van der Waals surface area contributed by atoms with Gasteiger partial charge in [-0.05, 0) is 44.8 Å². The van der Waals surface area contributed by atoms with Crippen molar-refractivity contribution in [3.63, 3.8) is 0 Å². The van der Waals surface area contributed by atoms with E-state index in [4.69, 9.17) is 14.3 Å². The van der Waals surface area contributed by atoms with Crippen molar-refractivity contribution >= 4 is 48.3 Å². The first-order valence-electron chi connectivity index (χ1n) is 13.2. The van der Waals surface area contributed by atoms with Crippen molar-refractivity contribution in [2.75, 3.05) is 45.8 Å². The van der Waals surface area contributed by atoms with Gasteiger partial charge in [0.05, 0.1) is 16.8 Å². The van der Waals surface area contributed by atoms with Crippen LogP contribution in [0.25, 0.3) is 10.3 Å². The molecule has 0 unspecified atom stereocenters. The van der Waals surface area contributed by atoms with Gasteiger partial charge in [0.25, 0.3) is 5.91 Å². The van der Waals surface area contributed by atoms with Crippen LogP contribution in [0.5, 0.6) is 5.88 Å². The zero-order valence-corrected chi connectivity index (χ0v) is 25.0. The average molecular weight is 614 g/mol. The van der Waals surface area contributed by atoms with E-state index in [1.54, 1.807) is 36.1 Å². The molecule has 3 aromatic heterocycles. The molecule has 1 atom stereocenters. The van der Waals surface area contributed by atoms with Gasteiger partial charge in [-0.1, -0.05) is 28.6 Å². The van der Waals surface area contributed by atoms with Crippen molar-refractivity contribution in [3.8, 4) is 5.88 Å². The molecule has 13 nitrogen and oxygen atoms in total. The summed E-state index contributed by atoms with van der Waals surface area (Å²) in [6.07, 6.45) is 2.21. The molecule has 42 heavy (non-hydrogen) atoms. The van der Waals surface area contributed by atoms with Gasteiger partial charge in [-0.15, -0.1) is 0 Å². The minimum atomic E-state index is -3.56. The predicted octanol–water partition coefficient (Wildman–Crippen LogP) is 2.49. The molecule has 0 bridgehead atoms. The smallest absolute Gasteiger partial charge is 0.280 e. The van der Waals surface area contributed by atoms with Gasteiger partial charge >= 0.3 is 0 Å². The molecular weight excluding hydrogens is 582 g/mol.